The second-order valence-corrected chi connectivity index (χ2v) is 10.8. The fourth-order valence-corrected chi connectivity index (χ4v) is 6.52. The molecule has 3 heterocycles. The van der Waals surface area contributed by atoms with Gasteiger partial charge in [0.25, 0.3) is 5.91 Å². The Balaban J connectivity index is 1.40. The summed E-state index contributed by atoms with van der Waals surface area (Å²) in [6.07, 6.45) is 3.80. The number of ether oxygens (including phenoxy) is 1. The van der Waals surface area contributed by atoms with Crippen molar-refractivity contribution in [1.82, 2.24) is 4.98 Å². The van der Waals surface area contributed by atoms with Crippen molar-refractivity contribution in [3.63, 3.8) is 0 Å². The summed E-state index contributed by atoms with van der Waals surface area (Å²) in [7, 11) is 0. The zero-order valence-corrected chi connectivity index (χ0v) is 22.8. The number of nitrogens with zero attached hydrogens (tertiary/aromatic N) is 1. The van der Waals surface area contributed by atoms with Gasteiger partial charge >= 0.3 is 5.97 Å². The minimum atomic E-state index is -0.393. The molecule has 6 rings (SSSR count). The molecule has 0 atom stereocenters. The average Bonchev–Trinajstić information content (AvgIpc) is 3.58. The number of furan rings is 1. The Morgan fingerprint density at radius 3 is 2.64 bits per heavy atom. The van der Waals surface area contributed by atoms with Gasteiger partial charge in [-0.05, 0) is 74.6 Å². The standard InChI is InChI=1S/C31H25ClN2O4S/c1-2-37-31(36)28-20-11-5-8-14-27(20)39-30(28)34-29(35)21-17-24(33-23-13-7-4-9-18(21)23)26-16-15-25(38-26)19-10-3-6-12-22(19)32/h3-4,6-7,9-10,12-13,15-17H,2,5,8,11,14H2,1H3,(H,34,35). The first-order valence-electron chi connectivity index (χ1n) is 12.9. The average molecular weight is 557 g/mol. The van der Waals surface area contributed by atoms with E-state index in [0.29, 0.717) is 49.3 Å². The normalized spacial score (nSPS) is 12.8. The van der Waals surface area contributed by atoms with Crippen molar-refractivity contribution < 1.29 is 18.7 Å². The number of hydrogen-bond donors (Lipinski definition) is 1. The van der Waals surface area contributed by atoms with Gasteiger partial charge in [0.1, 0.15) is 16.5 Å². The molecular formula is C31H25ClN2O4S. The second kappa shape index (κ2) is 10.7. The Hall–Kier alpha value is -3.94. The third kappa shape index (κ3) is 4.84. The molecule has 3 aromatic heterocycles. The van der Waals surface area contributed by atoms with Crippen LogP contribution in [0.2, 0.25) is 5.02 Å². The topological polar surface area (TPSA) is 81.4 Å². The van der Waals surface area contributed by atoms with Gasteiger partial charge in [-0.15, -0.1) is 11.3 Å². The van der Waals surface area contributed by atoms with Crippen LogP contribution in [-0.2, 0) is 17.6 Å². The number of rotatable bonds is 6. The van der Waals surface area contributed by atoms with Crippen LogP contribution in [0.4, 0.5) is 5.00 Å². The lowest BCUT2D eigenvalue weighted by Crippen LogP contribution is -2.16. The summed E-state index contributed by atoms with van der Waals surface area (Å²) in [4.78, 5) is 32.6. The number of benzene rings is 2. The summed E-state index contributed by atoms with van der Waals surface area (Å²) >= 11 is 7.84. The third-order valence-electron chi connectivity index (χ3n) is 6.84. The van der Waals surface area contributed by atoms with E-state index in [1.807, 2.05) is 60.7 Å². The van der Waals surface area contributed by atoms with Gasteiger partial charge in [-0.3, -0.25) is 4.79 Å². The number of halogens is 1. The van der Waals surface area contributed by atoms with E-state index in [-0.39, 0.29) is 12.5 Å². The van der Waals surface area contributed by atoms with Crippen LogP contribution in [0, 0.1) is 0 Å². The Morgan fingerprint density at radius 1 is 1.03 bits per heavy atom. The van der Waals surface area contributed by atoms with Gasteiger partial charge in [0.2, 0.25) is 0 Å². The Morgan fingerprint density at radius 2 is 1.79 bits per heavy atom. The number of carbonyl (C=O) groups is 2. The van der Waals surface area contributed by atoms with E-state index in [1.165, 1.54) is 11.3 Å². The largest absolute Gasteiger partial charge is 0.462 e. The van der Waals surface area contributed by atoms with Crippen molar-refractivity contribution >= 4 is 50.7 Å². The Kier molecular flexibility index (Phi) is 6.94. The van der Waals surface area contributed by atoms with Crippen molar-refractivity contribution in [1.29, 1.82) is 0 Å². The van der Waals surface area contributed by atoms with Crippen molar-refractivity contribution in [2.75, 3.05) is 11.9 Å². The molecule has 0 fully saturated rings. The predicted molar refractivity (Wildman–Crippen MR) is 155 cm³/mol. The molecule has 5 aromatic rings. The summed E-state index contributed by atoms with van der Waals surface area (Å²) < 4.78 is 11.5. The van der Waals surface area contributed by atoms with Crippen LogP contribution in [0.25, 0.3) is 33.7 Å². The van der Waals surface area contributed by atoms with Crippen LogP contribution in [0.5, 0.6) is 0 Å². The number of pyridine rings is 1. The molecule has 0 saturated carbocycles. The highest BCUT2D eigenvalue weighted by molar-refractivity contribution is 7.17. The molecule has 8 heteroatoms. The minimum absolute atomic E-state index is 0.272. The summed E-state index contributed by atoms with van der Waals surface area (Å²) in [6.45, 7) is 2.06. The van der Waals surface area contributed by atoms with Crippen LogP contribution < -0.4 is 5.32 Å². The second-order valence-electron chi connectivity index (χ2n) is 9.31. The van der Waals surface area contributed by atoms with E-state index in [2.05, 4.69) is 5.32 Å². The molecule has 0 radical (unpaired) electrons. The van der Waals surface area contributed by atoms with Gasteiger partial charge in [0.15, 0.2) is 5.76 Å². The number of carbonyl (C=O) groups excluding carboxylic acids is 2. The molecule has 0 aliphatic heterocycles. The van der Waals surface area contributed by atoms with E-state index >= 15 is 0 Å². The fourth-order valence-electron chi connectivity index (χ4n) is 5.01. The first-order valence-corrected chi connectivity index (χ1v) is 14.1. The minimum Gasteiger partial charge on any atom is -0.462 e. The molecule has 0 unspecified atom stereocenters. The smallest absolute Gasteiger partial charge is 0.341 e. The number of anilines is 1. The highest BCUT2D eigenvalue weighted by Crippen LogP contribution is 2.39. The molecule has 0 spiro atoms. The molecule has 1 aliphatic rings. The summed E-state index contributed by atoms with van der Waals surface area (Å²) in [5.41, 5.74) is 3.88. The highest BCUT2D eigenvalue weighted by Gasteiger charge is 2.28. The third-order valence-corrected chi connectivity index (χ3v) is 8.37. The first kappa shape index (κ1) is 25.3. The maximum atomic E-state index is 13.8. The van der Waals surface area contributed by atoms with Crippen molar-refractivity contribution in [3.8, 4) is 22.8 Å². The van der Waals surface area contributed by atoms with Crippen molar-refractivity contribution in [2.45, 2.75) is 32.6 Å². The molecule has 6 nitrogen and oxygen atoms in total. The zero-order chi connectivity index (χ0) is 26.9. The molecule has 196 valence electrons. The maximum Gasteiger partial charge on any atom is 0.341 e. The lowest BCUT2D eigenvalue weighted by molar-refractivity contribution is 0.0526. The number of aryl methyl sites for hydroxylation is 1. The molecular weight excluding hydrogens is 532 g/mol. The Bertz CT molecular complexity index is 1720. The van der Waals surface area contributed by atoms with Crippen molar-refractivity contribution in [2.24, 2.45) is 0 Å². The number of amides is 1. The number of para-hydroxylation sites is 1. The van der Waals surface area contributed by atoms with Gasteiger partial charge in [0, 0.05) is 15.8 Å². The van der Waals surface area contributed by atoms with Gasteiger partial charge in [-0.2, -0.15) is 0 Å². The monoisotopic (exact) mass is 556 g/mol. The van der Waals surface area contributed by atoms with Crippen LogP contribution in [0.3, 0.4) is 0 Å². The van der Waals surface area contributed by atoms with Crippen molar-refractivity contribution in [3.05, 3.63) is 93.3 Å². The molecule has 1 N–H and O–H groups in total. The SMILES string of the molecule is CCOC(=O)c1c(NC(=O)c2cc(-c3ccc(-c4ccccc4Cl)o3)nc3ccccc23)sc2c1CCCC2. The van der Waals surface area contributed by atoms with Crippen LogP contribution in [-0.4, -0.2) is 23.5 Å². The number of fused-ring (bicyclic) bond motifs is 2. The van der Waals surface area contributed by atoms with Crippen LogP contribution >= 0.6 is 22.9 Å². The molecule has 1 amide bonds. The fraction of sp³-hybridized carbons (Fsp3) is 0.194. The Labute approximate surface area is 234 Å². The lowest BCUT2D eigenvalue weighted by Gasteiger charge is -2.13. The van der Waals surface area contributed by atoms with Crippen LogP contribution in [0.15, 0.2) is 71.1 Å². The number of thiophene rings is 1. The van der Waals surface area contributed by atoms with Gasteiger partial charge in [-0.25, -0.2) is 9.78 Å². The van der Waals surface area contributed by atoms with E-state index in [0.717, 1.165) is 41.7 Å². The summed E-state index contributed by atoms with van der Waals surface area (Å²) in [5, 5.41) is 4.86. The lowest BCUT2D eigenvalue weighted by atomic mass is 9.95. The predicted octanol–water partition coefficient (Wildman–Crippen LogP) is 8.18. The molecule has 39 heavy (non-hydrogen) atoms. The molecule has 2 aromatic carbocycles. The van der Waals surface area contributed by atoms with E-state index in [4.69, 9.17) is 25.7 Å². The summed E-state index contributed by atoms with van der Waals surface area (Å²) in [5.74, 6) is 0.412. The van der Waals surface area contributed by atoms with Gasteiger partial charge in [-0.1, -0.05) is 41.9 Å². The maximum absolute atomic E-state index is 13.8. The first-order chi connectivity index (χ1) is 19.0. The molecule has 1 aliphatic carbocycles. The van der Waals surface area contributed by atoms with E-state index < -0.39 is 5.97 Å². The van der Waals surface area contributed by atoms with E-state index in [9.17, 15) is 9.59 Å². The zero-order valence-electron chi connectivity index (χ0n) is 21.3. The van der Waals surface area contributed by atoms with Gasteiger partial charge < -0.3 is 14.5 Å². The highest BCUT2D eigenvalue weighted by atomic mass is 35.5. The van der Waals surface area contributed by atoms with Gasteiger partial charge in [0.05, 0.1) is 28.3 Å². The number of hydrogen-bond acceptors (Lipinski definition) is 6. The van der Waals surface area contributed by atoms with E-state index in [1.54, 1.807) is 13.0 Å². The van der Waals surface area contributed by atoms with Crippen LogP contribution in [0.1, 0.15) is 50.9 Å². The molecule has 0 bridgehead atoms. The number of nitrogens with one attached hydrogen (secondary N) is 1. The summed E-state index contributed by atoms with van der Waals surface area (Å²) in [6, 6.07) is 20.3. The number of esters is 1. The number of aromatic nitrogens is 1. The quantitative estimate of drug-likeness (QED) is 0.213. The molecule has 0 saturated heterocycles.